The van der Waals surface area contributed by atoms with E-state index in [0.29, 0.717) is 28.9 Å². The molecule has 0 bridgehead atoms. The van der Waals surface area contributed by atoms with Crippen molar-refractivity contribution in [3.05, 3.63) is 82.3 Å². The minimum Gasteiger partial charge on any atom is -0.366 e. The number of carbonyl (C=O) groups is 1. The molecule has 1 heterocycles. The van der Waals surface area contributed by atoms with Crippen LogP contribution in [-0.2, 0) is 6.54 Å². The van der Waals surface area contributed by atoms with Crippen LogP contribution in [0.5, 0.6) is 0 Å². The predicted molar refractivity (Wildman–Crippen MR) is 105 cm³/mol. The molecular weight excluding hydrogens is 348 g/mol. The first-order valence-electron chi connectivity index (χ1n) is 8.22. The summed E-state index contributed by atoms with van der Waals surface area (Å²) in [4.78, 5) is 21.1. The maximum atomic E-state index is 12.5. The van der Waals surface area contributed by atoms with Crippen LogP contribution in [0.1, 0.15) is 27.4 Å². The van der Waals surface area contributed by atoms with Crippen molar-refractivity contribution in [2.24, 2.45) is 0 Å². The zero-order valence-electron chi connectivity index (χ0n) is 14.6. The number of nitrogens with zero attached hydrogens (tertiary/aromatic N) is 2. The van der Waals surface area contributed by atoms with Crippen molar-refractivity contribution in [2.45, 2.75) is 20.4 Å². The second kappa shape index (κ2) is 7.97. The van der Waals surface area contributed by atoms with Gasteiger partial charge >= 0.3 is 0 Å². The monoisotopic (exact) mass is 366 g/mol. The fraction of sp³-hybridized carbons (Fsp3) is 0.150. The van der Waals surface area contributed by atoms with Crippen molar-refractivity contribution in [3.8, 4) is 0 Å². The van der Waals surface area contributed by atoms with Crippen molar-refractivity contribution in [3.63, 3.8) is 0 Å². The van der Waals surface area contributed by atoms with E-state index < -0.39 is 0 Å². The van der Waals surface area contributed by atoms with Gasteiger partial charge < -0.3 is 10.6 Å². The smallest absolute Gasteiger partial charge is 0.274 e. The van der Waals surface area contributed by atoms with Gasteiger partial charge in [0.2, 0.25) is 0 Å². The summed E-state index contributed by atoms with van der Waals surface area (Å²) in [6.07, 6.45) is 0. The second-order valence-electron chi connectivity index (χ2n) is 5.93. The molecule has 0 spiro atoms. The van der Waals surface area contributed by atoms with Gasteiger partial charge in [0, 0.05) is 23.3 Å². The highest BCUT2D eigenvalue weighted by atomic mass is 35.5. The molecule has 1 aromatic heterocycles. The van der Waals surface area contributed by atoms with Crippen LogP contribution in [0, 0.1) is 13.8 Å². The Labute approximate surface area is 157 Å². The minimum absolute atomic E-state index is 0.264. The number of aryl methyl sites for hydroxylation is 2. The SMILES string of the molecule is Cc1nc(NCc2ccc(Cl)cc2)cc(C(=O)Nc2ccccc2C)n1. The predicted octanol–water partition coefficient (Wildman–Crippen LogP) is 4.61. The van der Waals surface area contributed by atoms with Gasteiger partial charge in [-0.1, -0.05) is 41.9 Å². The summed E-state index contributed by atoms with van der Waals surface area (Å²) in [6, 6.07) is 16.8. The van der Waals surface area contributed by atoms with Gasteiger partial charge in [-0.3, -0.25) is 4.79 Å². The summed E-state index contributed by atoms with van der Waals surface area (Å²) in [5.41, 5.74) is 3.15. The number of hydrogen-bond acceptors (Lipinski definition) is 4. The highest BCUT2D eigenvalue weighted by Gasteiger charge is 2.12. The van der Waals surface area contributed by atoms with E-state index in [2.05, 4.69) is 20.6 Å². The van der Waals surface area contributed by atoms with E-state index in [1.54, 1.807) is 13.0 Å². The highest BCUT2D eigenvalue weighted by molar-refractivity contribution is 6.30. The van der Waals surface area contributed by atoms with Crippen molar-refractivity contribution >= 4 is 29.0 Å². The van der Waals surface area contributed by atoms with E-state index in [1.165, 1.54) is 0 Å². The molecule has 0 unspecified atom stereocenters. The number of para-hydroxylation sites is 1. The lowest BCUT2D eigenvalue weighted by molar-refractivity contribution is 0.102. The number of benzene rings is 2. The minimum atomic E-state index is -0.264. The Morgan fingerprint density at radius 3 is 2.50 bits per heavy atom. The Morgan fingerprint density at radius 2 is 1.77 bits per heavy atom. The van der Waals surface area contributed by atoms with E-state index in [4.69, 9.17) is 11.6 Å². The quantitative estimate of drug-likeness (QED) is 0.691. The average Bonchev–Trinajstić information content (AvgIpc) is 2.63. The van der Waals surface area contributed by atoms with Crippen LogP contribution < -0.4 is 10.6 Å². The van der Waals surface area contributed by atoms with Crippen LogP contribution in [0.25, 0.3) is 0 Å². The van der Waals surface area contributed by atoms with Gasteiger partial charge in [-0.05, 0) is 43.2 Å². The van der Waals surface area contributed by atoms with Gasteiger partial charge in [-0.2, -0.15) is 0 Å². The third-order valence-corrected chi connectivity index (χ3v) is 4.10. The van der Waals surface area contributed by atoms with E-state index in [9.17, 15) is 4.79 Å². The molecule has 132 valence electrons. The van der Waals surface area contributed by atoms with Crippen LogP contribution in [0.2, 0.25) is 5.02 Å². The van der Waals surface area contributed by atoms with Gasteiger partial charge in [0.15, 0.2) is 0 Å². The lowest BCUT2D eigenvalue weighted by atomic mass is 10.2. The molecular formula is C20H19ClN4O. The Morgan fingerprint density at radius 1 is 1.04 bits per heavy atom. The number of anilines is 2. The zero-order chi connectivity index (χ0) is 18.5. The zero-order valence-corrected chi connectivity index (χ0v) is 15.3. The summed E-state index contributed by atoms with van der Waals surface area (Å²) in [5.74, 6) is 0.864. The van der Waals surface area contributed by atoms with Crippen LogP contribution in [0.3, 0.4) is 0 Å². The highest BCUT2D eigenvalue weighted by Crippen LogP contribution is 2.16. The first-order chi connectivity index (χ1) is 12.5. The number of nitrogens with one attached hydrogen (secondary N) is 2. The largest absolute Gasteiger partial charge is 0.366 e. The van der Waals surface area contributed by atoms with E-state index in [-0.39, 0.29) is 5.91 Å². The molecule has 0 fully saturated rings. The van der Waals surface area contributed by atoms with Gasteiger partial charge in [-0.25, -0.2) is 9.97 Å². The molecule has 0 aliphatic carbocycles. The summed E-state index contributed by atoms with van der Waals surface area (Å²) in [5, 5.41) is 6.80. The Balaban J connectivity index is 1.73. The lowest BCUT2D eigenvalue weighted by Gasteiger charge is -2.10. The molecule has 6 heteroatoms. The van der Waals surface area contributed by atoms with Crippen molar-refractivity contribution in [2.75, 3.05) is 10.6 Å². The standard InChI is InChI=1S/C20H19ClN4O/c1-13-5-3-4-6-17(13)25-20(26)18-11-19(24-14(2)23-18)22-12-15-7-9-16(21)10-8-15/h3-11H,12H2,1-2H3,(H,25,26)(H,22,23,24). The molecule has 1 amide bonds. The Kier molecular flexibility index (Phi) is 5.49. The first kappa shape index (κ1) is 17.9. The van der Waals surface area contributed by atoms with Crippen LogP contribution in [0.15, 0.2) is 54.6 Å². The van der Waals surface area contributed by atoms with Gasteiger partial charge in [0.25, 0.3) is 5.91 Å². The molecule has 0 aliphatic rings. The maximum Gasteiger partial charge on any atom is 0.274 e. The first-order valence-corrected chi connectivity index (χ1v) is 8.60. The van der Waals surface area contributed by atoms with E-state index in [1.807, 2.05) is 55.5 Å². The molecule has 0 radical (unpaired) electrons. The molecule has 0 atom stereocenters. The van der Waals surface area contributed by atoms with Crippen molar-refractivity contribution < 1.29 is 4.79 Å². The second-order valence-corrected chi connectivity index (χ2v) is 6.37. The van der Waals surface area contributed by atoms with Crippen molar-refractivity contribution in [1.29, 1.82) is 0 Å². The molecule has 3 rings (SSSR count). The third-order valence-electron chi connectivity index (χ3n) is 3.85. The fourth-order valence-corrected chi connectivity index (χ4v) is 2.59. The normalized spacial score (nSPS) is 10.4. The van der Waals surface area contributed by atoms with Crippen LogP contribution in [-0.4, -0.2) is 15.9 Å². The molecule has 3 aromatic rings. The van der Waals surface area contributed by atoms with E-state index in [0.717, 1.165) is 16.8 Å². The number of amides is 1. The number of rotatable bonds is 5. The molecule has 2 N–H and O–H groups in total. The lowest BCUT2D eigenvalue weighted by Crippen LogP contribution is -2.16. The van der Waals surface area contributed by atoms with Crippen LogP contribution in [0.4, 0.5) is 11.5 Å². The number of aromatic nitrogens is 2. The van der Waals surface area contributed by atoms with E-state index >= 15 is 0 Å². The molecule has 5 nitrogen and oxygen atoms in total. The summed E-state index contributed by atoms with van der Waals surface area (Å²) in [6.45, 7) is 4.28. The topological polar surface area (TPSA) is 66.9 Å². The molecule has 0 aliphatic heterocycles. The maximum absolute atomic E-state index is 12.5. The summed E-state index contributed by atoms with van der Waals surface area (Å²) >= 11 is 5.90. The number of carbonyl (C=O) groups excluding carboxylic acids is 1. The third kappa shape index (κ3) is 4.58. The van der Waals surface area contributed by atoms with Crippen molar-refractivity contribution in [1.82, 2.24) is 9.97 Å². The average molecular weight is 367 g/mol. The molecule has 0 saturated carbocycles. The Bertz CT molecular complexity index is 925. The molecule has 0 saturated heterocycles. The van der Waals surface area contributed by atoms with Crippen LogP contribution >= 0.6 is 11.6 Å². The van der Waals surface area contributed by atoms with Gasteiger partial charge in [-0.15, -0.1) is 0 Å². The van der Waals surface area contributed by atoms with Gasteiger partial charge in [0.1, 0.15) is 17.3 Å². The fourth-order valence-electron chi connectivity index (χ4n) is 2.47. The molecule has 26 heavy (non-hydrogen) atoms. The number of halogens is 1. The summed E-state index contributed by atoms with van der Waals surface area (Å²) in [7, 11) is 0. The van der Waals surface area contributed by atoms with Gasteiger partial charge in [0.05, 0.1) is 0 Å². The Hall–Kier alpha value is -2.92. The molecule has 2 aromatic carbocycles. The summed E-state index contributed by atoms with van der Waals surface area (Å²) < 4.78 is 0. The number of hydrogen-bond donors (Lipinski definition) is 2.